The predicted molar refractivity (Wildman–Crippen MR) is 88.3 cm³/mol. The Hall–Kier alpha value is -2.34. The summed E-state index contributed by atoms with van der Waals surface area (Å²) >= 11 is 3.29. The van der Waals surface area contributed by atoms with Gasteiger partial charge in [-0.25, -0.2) is 4.79 Å². The third-order valence-electron chi connectivity index (χ3n) is 3.14. The van der Waals surface area contributed by atoms with E-state index in [4.69, 9.17) is 14.2 Å². The average Bonchev–Trinajstić information content (AvgIpc) is 2.59. The van der Waals surface area contributed by atoms with Crippen molar-refractivity contribution in [1.29, 1.82) is 0 Å². The van der Waals surface area contributed by atoms with Gasteiger partial charge in [-0.3, -0.25) is 4.79 Å². The minimum Gasteiger partial charge on any atom is -0.497 e. The second kappa shape index (κ2) is 7.78. The summed E-state index contributed by atoms with van der Waals surface area (Å²) in [6, 6.07) is 11.7. The van der Waals surface area contributed by atoms with Crippen LogP contribution in [0.2, 0.25) is 0 Å². The van der Waals surface area contributed by atoms with E-state index >= 15 is 0 Å². The van der Waals surface area contributed by atoms with Crippen LogP contribution in [0.15, 0.2) is 46.9 Å². The smallest absolute Gasteiger partial charge is 0.342 e. The fourth-order valence-corrected chi connectivity index (χ4v) is 2.45. The molecule has 2 aromatic rings. The molecule has 0 spiro atoms. The Morgan fingerprint density at radius 3 is 2.39 bits per heavy atom. The Labute approximate surface area is 142 Å². The lowest BCUT2D eigenvalue weighted by Crippen LogP contribution is -2.15. The van der Waals surface area contributed by atoms with Crippen molar-refractivity contribution in [3.05, 3.63) is 58.1 Å². The van der Waals surface area contributed by atoms with Crippen molar-refractivity contribution in [2.24, 2.45) is 0 Å². The van der Waals surface area contributed by atoms with Crippen LogP contribution >= 0.6 is 15.9 Å². The van der Waals surface area contributed by atoms with Crippen LogP contribution in [0.1, 0.15) is 20.7 Å². The van der Waals surface area contributed by atoms with Crippen LogP contribution < -0.4 is 9.47 Å². The monoisotopic (exact) mass is 378 g/mol. The summed E-state index contributed by atoms with van der Waals surface area (Å²) in [5.74, 6) is -0.0476. The summed E-state index contributed by atoms with van der Waals surface area (Å²) in [4.78, 5) is 24.2. The summed E-state index contributed by atoms with van der Waals surface area (Å²) < 4.78 is 16.0. The molecule has 0 aliphatic carbocycles. The molecule has 0 unspecified atom stereocenters. The molecule has 0 saturated carbocycles. The van der Waals surface area contributed by atoms with E-state index in [0.29, 0.717) is 21.5 Å². The highest BCUT2D eigenvalue weighted by Crippen LogP contribution is 2.25. The number of methoxy groups -OCH3 is 2. The van der Waals surface area contributed by atoms with Gasteiger partial charge in [0.05, 0.1) is 14.2 Å². The van der Waals surface area contributed by atoms with E-state index in [-0.39, 0.29) is 18.0 Å². The molecule has 0 aliphatic heterocycles. The highest BCUT2D eigenvalue weighted by atomic mass is 79.9. The molecular weight excluding hydrogens is 364 g/mol. The number of ketones is 1. The molecular formula is C17H15BrO5. The largest absolute Gasteiger partial charge is 0.497 e. The Bertz CT molecular complexity index is 727. The first-order chi connectivity index (χ1) is 11.1. The number of ether oxygens (including phenoxy) is 3. The molecule has 0 heterocycles. The van der Waals surface area contributed by atoms with Gasteiger partial charge in [-0.2, -0.15) is 0 Å². The van der Waals surface area contributed by atoms with Crippen molar-refractivity contribution in [1.82, 2.24) is 0 Å². The summed E-state index contributed by atoms with van der Waals surface area (Å²) in [6.45, 7) is -0.351. The van der Waals surface area contributed by atoms with Crippen LogP contribution in [0, 0.1) is 0 Å². The van der Waals surface area contributed by atoms with Crippen molar-refractivity contribution >= 4 is 27.7 Å². The lowest BCUT2D eigenvalue weighted by atomic mass is 10.1. The number of carbonyl (C=O) groups is 2. The molecule has 5 nitrogen and oxygen atoms in total. The van der Waals surface area contributed by atoms with Crippen LogP contribution in [-0.2, 0) is 4.74 Å². The molecule has 2 aromatic carbocycles. The van der Waals surface area contributed by atoms with Gasteiger partial charge in [0.1, 0.15) is 17.1 Å². The van der Waals surface area contributed by atoms with Crippen LogP contribution in [0.4, 0.5) is 0 Å². The van der Waals surface area contributed by atoms with Gasteiger partial charge in [-0.05, 0) is 18.2 Å². The minimum atomic E-state index is -0.634. The summed E-state index contributed by atoms with van der Waals surface area (Å²) in [5, 5.41) is 0. The molecule has 23 heavy (non-hydrogen) atoms. The molecule has 0 radical (unpaired) electrons. The molecule has 120 valence electrons. The number of hydrogen-bond acceptors (Lipinski definition) is 5. The fourth-order valence-electron chi connectivity index (χ4n) is 1.94. The average molecular weight is 379 g/mol. The van der Waals surface area contributed by atoms with E-state index in [2.05, 4.69) is 15.9 Å². The molecule has 0 aromatic heterocycles. The zero-order chi connectivity index (χ0) is 16.8. The van der Waals surface area contributed by atoms with Crippen molar-refractivity contribution in [3.63, 3.8) is 0 Å². The molecule has 0 bridgehead atoms. The second-order valence-electron chi connectivity index (χ2n) is 4.55. The third kappa shape index (κ3) is 4.10. The topological polar surface area (TPSA) is 61.8 Å². The van der Waals surface area contributed by atoms with Gasteiger partial charge >= 0.3 is 5.97 Å². The molecule has 0 aliphatic rings. The SMILES string of the molecule is COc1ccc(C(=O)OCC(=O)c2ccccc2Br)c(OC)c1. The third-order valence-corrected chi connectivity index (χ3v) is 3.83. The van der Waals surface area contributed by atoms with Gasteiger partial charge in [-0.15, -0.1) is 0 Å². The van der Waals surface area contributed by atoms with Crippen molar-refractivity contribution in [2.45, 2.75) is 0 Å². The summed E-state index contributed by atoms with van der Waals surface area (Å²) in [7, 11) is 2.96. The van der Waals surface area contributed by atoms with E-state index in [9.17, 15) is 9.59 Å². The van der Waals surface area contributed by atoms with Gasteiger partial charge in [0, 0.05) is 16.1 Å². The zero-order valence-corrected chi connectivity index (χ0v) is 14.3. The Morgan fingerprint density at radius 1 is 1.00 bits per heavy atom. The fraction of sp³-hybridized carbons (Fsp3) is 0.176. The number of rotatable bonds is 6. The maximum absolute atomic E-state index is 12.1. The molecule has 0 atom stereocenters. The van der Waals surface area contributed by atoms with E-state index in [1.54, 1.807) is 36.4 Å². The van der Waals surface area contributed by atoms with E-state index in [1.165, 1.54) is 20.3 Å². The summed E-state index contributed by atoms with van der Waals surface area (Å²) in [5.41, 5.74) is 0.690. The van der Waals surface area contributed by atoms with Gasteiger partial charge in [-0.1, -0.05) is 34.1 Å². The van der Waals surface area contributed by atoms with E-state index < -0.39 is 5.97 Å². The van der Waals surface area contributed by atoms with Crippen LogP contribution in [0.3, 0.4) is 0 Å². The van der Waals surface area contributed by atoms with Crippen LogP contribution in [-0.4, -0.2) is 32.6 Å². The number of carbonyl (C=O) groups excluding carboxylic acids is 2. The first-order valence-electron chi connectivity index (χ1n) is 6.73. The first-order valence-corrected chi connectivity index (χ1v) is 7.53. The zero-order valence-electron chi connectivity index (χ0n) is 12.7. The molecule has 2 rings (SSSR count). The van der Waals surface area contributed by atoms with Gasteiger partial charge in [0.2, 0.25) is 5.78 Å². The van der Waals surface area contributed by atoms with E-state index in [1.807, 2.05) is 0 Å². The minimum absolute atomic E-state index is 0.230. The van der Waals surface area contributed by atoms with Gasteiger partial charge < -0.3 is 14.2 Å². The highest BCUT2D eigenvalue weighted by Gasteiger charge is 2.17. The lowest BCUT2D eigenvalue weighted by Gasteiger charge is -2.10. The number of Topliss-reactive ketones (excluding diaryl/α,β-unsaturated/α-hetero) is 1. The maximum atomic E-state index is 12.1. The van der Waals surface area contributed by atoms with Crippen molar-refractivity contribution in [2.75, 3.05) is 20.8 Å². The number of halogens is 1. The quantitative estimate of drug-likeness (QED) is 0.568. The Balaban J connectivity index is 2.08. The van der Waals surface area contributed by atoms with Crippen molar-refractivity contribution in [3.8, 4) is 11.5 Å². The molecule has 0 N–H and O–H groups in total. The van der Waals surface area contributed by atoms with Gasteiger partial charge in [0.15, 0.2) is 6.61 Å². The van der Waals surface area contributed by atoms with Crippen LogP contribution in [0.25, 0.3) is 0 Å². The van der Waals surface area contributed by atoms with Crippen molar-refractivity contribution < 1.29 is 23.8 Å². The number of benzene rings is 2. The Kier molecular flexibility index (Phi) is 5.76. The van der Waals surface area contributed by atoms with Crippen LogP contribution in [0.5, 0.6) is 11.5 Å². The lowest BCUT2D eigenvalue weighted by molar-refractivity contribution is 0.0471. The standard InChI is InChI=1S/C17H15BrO5/c1-21-11-7-8-13(16(9-11)22-2)17(20)23-10-15(19)12-5-3-4-6-14(12)18/h3-9H,10H2,1-2H3. The first kappa shape index (κ1) is 17.0. The number of esters is 1. The summed E-state index contributed by atoms with van der Waals surface area (Å²) in [6.07, 6.45) is 0. The molecule has 0 saturated heterocycles. The molecule has 0 fully saturated rings. The van der Waals surface area contributed by atoms with E-state index in [0.717, 1.165) is 0 Å². The number of hydrogen-bond donors (Lipinski definition) is 0. The predicted octanol–water partition coefficient (Wildman–Crippen LogP) is 3.51. The Morgan fingerprint density at radius 2 is 1.74 bits per heavy atom. The molecule has 6 heteroatoms. The highest BCUT2D eigenvalue weighted by molar-refractivity contribution is 9.10. The second-order valence-corrected chi connectivity index (χ2v) is 5.40. The normalized spacial score (nSPS) is 10.0. The van der Waals surface area contributed by atoms with Gasteiger partial charge in [0.25, 0.3) is 0 Å². The maximum Gasteiger partial charge on any atom is 0.342 e. The molecule has 0 amide bonds.